The number of aliphatic imine (C=N–C) groups is 1. The van der Waals surface area contributed by atoms with Crippen LogP contribution in [0, 0.1) is 11.3 Å². The zero-order valence-electron chi connectivity index (χ0n) is 16.9. The Morgan fingerprint density at radius 3 is 2.19 bits per heavy atom. The van der Waals surface area contributed by atoms with Gasteiger partial charge in [-0.05, 0) is 17.7 Å². The maximum Gasteiger partial charge on any atom is 0.238 e. The molecule has 0 saturated carbocycles. The molecular formula is C27H16N2O3. The average Bonchev–Trinajstić information content (AvgIpc) is 3.22. The van der Waals surface area contributed by atoms with Crippen LogP contribution in [-0.4, -0.2) is 6.21 Å². The number of nitrogens with zero attached hydrogens (tertiary/aromatic N) is 2. The highest BCUT2D eigenvalue weighted by atomic mass is 16.4. The second-order valence-electron chi connectivity index (χ2n) is 7.10. The van der Waals surface area contributed by atoms with Gasteiger partial charge in [0.05, 0.1) is 11.6 Å². The number of hydrogen-bond acceptors (Lipinski definition) is 5. The van der Waals surface area contributed by atoms with E-state index in [0.717, 1.165) is 11.1 Å². The Morgan fingerprint density at radius 1 is 0.812 bits per heavy atom. The number of fused-ring (bicyclic) bond motifs is 1. The molecule has 2 aromatic heterocycles. The molecule has 0 aliphatic rings. The van der Waals surface area contributed by atoms with E-state index in [0.29, 0.717) is 27.9 Å². The molecule has 3 aromatic carbocycles. The summed E-state index contributed by atoms with van der Waals surface area (Å²) < 4.78 is 11.8. The van der Waals surface area contributed by atoms with E-state index >= 15 is 0 Å². The Kier molecular flexibility index (Phi) is 4.95. The Morgan fingerprint density at radius 2 is 1.47 bits per heavy atom. The lowest BCUT2D eigenvalue weighted by atomic mass is 9.98. The summed E-state index contributed by atoms with van der Waals surface area (Å²) in [5.41, 5.74) is 2.98. The van der Waals surface area contributed by atoms with Crippen molar-refractivity contribution in [3.8, 4) is 28.5 Å². The van der Waals surface area contributed by atoms with E-state index in [4.69, 9.17) is 8.83 Å². The molecule has 0 amide bonds. The molecule has 0 unspecified atom stereocenters. The first-order valence-corrected chi connectivity index (χ1v) is 9.99. The van der Waals surface area contributed by atoms with Crippen LogP contribution in [0.3, 0.4) is 0 Å². The van der Waals surface area contributed by atoms with Crippen molar-refractivity contribution in [2.75, 3.05) is 0 Å². The highest BCUT2D eigenvalue weighted by molar-refractivity contribution is 5.89. The van der Waals surface area contributed by atoms with Crippen LogP contribution in [0.5, 0.6) is 0 Å². The first-order chi connectivity index (χ1) is 15.7. The summed E-state index contributed by atoms with van der Waals surface area (Å²) in [6.45, 7) is 0. The van der Waals surface area contributed by atoms with Crippen LogP contribution in [0.2, 0.25) is 0 Å². The van der Waals surface area contributed by atoms with E-state index in [1.54, 1.807) is 24.3 Å². The third-order valence-electron chi connectivity index (χ3n) is 5.06. The van der Waals surface area contributed by atoms with Gasteiger partial charge in [-0.2, -0.15) is 5.26 Å². The minimum Gasteiger partial charge on any atom is -0.455 e. The molecule has 32 heavy (non-hydrogen) atoms. The fraction of sp³-hybridized carbons (Fsp3) is 0. The zero-order valence-corrected chi connectivity index (χ0v) is 16.9. The number of rotatable bonds is 4. The normalized spacial score (nSPS) is 11.1. The number of para-hydroxylation sites is 1. The maximum absolute atomic E-state index is 12.4. The monoisotopic (exact) mass is 416 g/mol. The molecule has 152 valence electrons. The number of hydrogen-bond donors (Lipinski definition) is 0. The van der Waals surface area contributed by atoms with Gasteiger partial charge in [0, 0.05) is 17.2 Å². The van der Waals surface area contributed by atoms with Crippen molar-refractivity contribution in [1.82, 2.24) is 0 Å². The van der Waals surface area contributed by atoms with E-state index in [-0.39, 0.29) is 17.1 Å². The molecule has 5 aromatic rings. The van der Waals surface area contributed by atoms with E-state index in [2.05, 4.69) is 11.1 Å². The Hall–Kier alpha value is -4.69. The third kappa shape index (κ3) is 3.51. The van der Waals surface area contributed by atoms with Gasteiger partial charge in [-0.25, -0.2) is 4.99 Å². The number of nitriles is 1. The zero-order chi connectivity index (χ0) is 21.9. The van der Waals surface area contributed by atoms with Crippen molar-refractivity contribution >= 4 is 23.1 Å². The molecule has 0 spiro atoms. The molecule has 0 saturated heterocycles. The van der Waals surface area contributed by atoms with Gasteiger partial charge in [-0.3, -0.25) is 4.79 Å². The lowest BCUT2D eigenvalue weighted by Gasteiger charge is -2.03. The van der Waals surface area contributed by atoms with Crippen molar-refractivity contribution in [1.29, 1.82) is 5.26 Å². The topological polar surface area (TPSA) is 79.5 Å². The average molecular weight is 416 g/mol. The highest BCUT2D eigenvalue weighted by Gasteiger charge is 2.22. The van der Waals surface area contributed by atoms with E-state index in [1.807, 2.05) is 60.7 Å². The second kappa shape index (κ2) is 8.21. The predicted molar refractivity (Wildman–Crippen MR) is 124 cm³/mol. The van der Waals surface area contributed by atoms with Crippen LogP contribution in [0.4, 0.5) is 5.88 Å². The van der Waals surface area contributed by atoms with Gasteiger partial charge in [0.1, 0.15) is 28.7 Å². The van der Waals surface area contributed by atoms with Crippen molar-refractivity contribution in [2.24, 2.45) is 4.99 Å². The molecule has 0 fully saturated rings. The first kappa shape index (κ1) is 19.3. The van der Waals surface area contributed by atoms with Crippen molar-refractivity contribution in [3.63, 3.8) is 0 Å². The van der Waals surface area contributed by atoms with Gasteiger partial charge in [-0.15, -0.1) is 0 Å². The molecule has 2 heterocycles. The van der Waals surface area contributed by atoms with Crippen LogP contribution in [-0.2, 0) is 0 Å². The summed E-state index contributed by atoms with van der Waals surface area (Å²) in [5.74, 6) is 0.984. The standard InChI is InChI=1S/C27H16N2O3/c28-16-22-25(18-9-3-1-4-10-18)26(19-11-5-2-6-12-19)32-27(22)29-17-20-15-23(30)21-13-7-8-14-24(21)31-20/h1-15,17H/b29-17+. The molecule has 0 aliphatic carbocycles. The van der Waals surface area contributed by atoms with Crippen LogP contribution in [0.15, 0.2) is 110 Å². The largest absolute Gasteiger partial charge is 0.455 e. The fourth-order valence-electron chi connectivity index (χ4n) is 3.60. The SMILES string of the molecule is N#Cc1c(/N=C/c2cc(=O)c3ccccc3o2)oc(-c2ccccc2)c1-c1ccccc1. The summed E-state index contributed by atoms with van der Waals surface area (Å²) in [6, 6.07) is 29.8. The Labute approximate surface area is 183 Å². The summed E-state index contributed by atoms with van der Waals surface area (Å²) in [6.07, 6.45) is 1.40. The molecule has 5 nitrogen and oxygen atoms in total. The van der Waals surface area contributed by atoms with Crippen LogP contribution < -0.4 is 5.43 Å². The van der Waals surface area contributed by atoms with Gasteiger partial charge in [0.15, 0.2) is 5.43 Å². The van der Waals surface area contributed by atoms with Crippen molar-refractivity contribution in [3.05, 3.63) is 113 Å². The van der Waals surface area contributed by atoms with Gasteiger partial charge >= 0.3 is 0 Å². The minimum atomic E-state index is -0.164. The number of benzene rings is 3. The van der Waals surface area contributed by atoms with E-state index < -0.39 is 0 Å². The lowest BCUT2D eigenvalue weighted by molar-refractivity contribution is 0.585. The second-order valence-corrected chi connectivity index (χ2v) is 7.10. The van der Waals surface area contributed by atoms with Gasteiger partial charge in [-0.1, -0.05) is 72.8 Å². The minimum absolute atomic E-state index is 0.154. The fourth-order valence-corrected chi connectivity index (χ4v) is 3.60. The molecule has 5 rings (SSSR count). The third-order valence-corrected chi connectivity index (χ3v) is 5.06. The highest BCUT2D eigenvalue weighted by Crippen LogP contribution is 2.42. The van der Waals surface area contributed by atoms with Gasteiger partial charge < -0.3 is 8.83 Å². The molecule has 0 radical (unpaired) electrons. The smallest absolute Gasteiger partial charge is 0.238 e. The van der Waals surface area contributed by atoms with E-state index in [1.165, 1.54) is 12.3 Å². The molecule has 0 aliphatic heterocycles. The summed E-state index contributed by atoms with van der Waals surface area (Å²) in [4.78, 5) is 16.7. The Bertz CT molecular complexity index is 1540. The van der Waals surface area contributed by atoms with Gasteiger partial charge in [0.2, 0.25) is 5.88 Å². The Balaban J connectivity index is 1.66. The first-order valence-electron chi connectivity index (χ1n) is 9.99. The quantitative estimate of drug-likeness (QED) is 0.320. The summed E-state index contributed by atoms with van der Waals surface area (Å²) in [5, 5.41) is 10.4. The predicted octanol–water partition coefficient (Wildman–Crippen LogP) is 6.34. The van der Waals surface area contributed by atoms with Crippen LogP contribution in [0.1, 0.15) is 11.3 Å². The van der Waals surface area contributed by atoms with Crippen molar-refractivity contribution in [2.45, 2.75) is 0 Å². The maximum atomic E-state index is 12.4. The number of furan rings is 1. The van der Waals surface area contributed by atoms with Crippen LogP contribution in [0.25, 0.3) is 33.4 Å². The molecular weight excluding hydrogens is 400 g/mol. The van der Waals surface area contributed by atoms with Crippen LogP contribution >= 0.6 is 0 Å². The lowest BCUT2D eigenvalue weighted by Crippen LogP contribution is -2.01. The molecule has 5 heteroatoms. The molecule has 0 N–H and O–H groups in total. The molecule has 0 atom stereocenters. The van der Waals surface area contributed by atoms with Gasteiger partial charge in [0.25, 0.3) is 0 Å². The summed E-state index contributed by atoms with van der Waals surface area (Å²) >= 11 is 0. The molecule has 0 bridgehead atoms. The van der Waals surface area contributed by atoms with Crippen molar-refractivity contribution < 1.29 is 8.83 Å². The summed E-state index contributed by atoms with van der Waals surface area (Å²) in [7, 11) is 0. The van der Waals surface area contributed by atoms with E-state index in [9.17, 15) is 10.1 Å².